The number of carbonyl (C=O) groups is 1. The lowest BCUT2D eigenvalue weighted by Crippen LogP contribution is -2.36. The van der Waals surface area contributed by atoms with E-state index in [1.54, 1.807) is 11.0 Å². The van der Waals surface area contributed by atoms with Gasteiger partial charge in [-0.2, -0.15) is 0 Å². The van der Waals surface area contributed by atoms with E-state index in [4.69, 9.17) is 0 Å². The van der Waals surface area contributed by atoms with Crippen LogP contribution in [-0.2, 0) is 17.9 Å². The van der Waals surface area contributed by atoms with Crippen molar-refractivity contribution in [2.24, 2.45) is 0 Å². The number of rotatable bonds is 5. The highest BCUT2D eigenvalue weighted by Gasteiger charge is 2.14. The molecule has 2 aromatic heterocycles. The Morgan fingerprint density at radius 1 is 1.26 bits per heavy atom. The maximum Gasteiger partial charge on any atom is 0.262 e. The number of thiophene rings is 1. The third-order valence-corrected chi connectivity index (χ3v) is 4.53. The predicted octanol–water partition coefficient (Wildman–Crippen LogP) is 2.51. The Kier molecular flexibility index (Phi) is 4.52. The van der Waals surface area contributed by atoms with Crippen LogP contribution in [0, 0.1) is 0 Å². The first kappa shape index (κ1) is 15.4. The lowest BCUT2D eigenvalue weighted by Gasteiger charge is -2.21. The quantitative estimate of drug-likeness (QED) is 0.723. The third kappa shape index (κ3) is 3.32. The summed E-state index contributed by atoms with van der Waals surface area (Å²) < 4.78 is 1.38. The normalized spacial score (nSPS) is 10.8. The summed E-state index contributed by atoms with van der Waals surface area (Å²) in [6, 6.07) is 11.6. The molecular weight excluding hydrogens is 310 g/mol. The minimum Gasteiger partial charge on any atom is -0.337 e. The average Bonchev–Trinajstić information content (AvgIpc) is 3.05. The second-order valence-electron chi connectivity index (χ2n) is 5.21. The van der Waals surface area contributed by atoms with Gasteiger partial charge in [-0.1, -0.05) is 30.3 Å². The first-order valence-corrected chi connectivity index (χ1v) is 8.31. The highest BCUT2D eigenvalue weighted by molar-refractivity contribution is 7.16. The van der Waals surface area contributed by atoms with Crippen LogP contribution in [0.25, 0.3) is 10.2 Å². The van der Waals surface area contributed by atoms with E-state index in [0.717, 1.165) is 5.56 Å². The van der Waals surface area contributed by atoms with Gasteiger partial charge in [-0.3, -0.25) is 14.2 Å². The Morgan fingerprint density at radius 3 is 2.78 bits per heavy atom. The summed E-state index contributed by atoms with van der Waals surface area (Å²) >= 11 is 1.42. The molecule has 1 amide bonds. The van der Waals surface area contributed by atoms with Gasteiger partial charge in [0, 0.05) is 13.1 Å². The number of aromatic nitrogens is 2. The Labute approximate surface area is 137 Å². The fourth-order valence-corrected chi connectivity index (χ4v) is 3.16. The van der Waals surface area contributed by atoms with Crippen molar-refractivity contribution in [1.82, 2.24) is 14.5 Å². The van der Waals surface area contributed by atoms with Crippen molar-refractivity contribution in [3.05, 3.63) is 64.0 Å². The Morgan fingerprint density at radius 2 is 2.04 bits per heavy atom. The number of hydrogen-bond donors (Lipinski definition) is 0. The lowest BCUT2D eigenvalue weighted by molar-refractivity contribution is -0.132. The van der Waals surface area contributed by atoms with E-state index in [2.05, 4.69) is 4.98 Å². The van der Waals surface area contributed by atoms with Crippen LogP contribution in [0.2, 0.25) is 0 Å². The average molecular weight is 327 g/mol. The molecule has 0 unspecified atom stereocenters. The van der Waals surface area contributed by atoms with Gasteiger partial charge in [0.15, 0.2) is 0 Å². The highest BCUT2D eigenvalue weighted by atomic mass is 32.1. The molecule has 0 N–H and O–H groups in total. The minimum atomic E-state index is -0.166. The van der Waals surface area contributed by atoms with Gasteiger partial charge in [0.2, 0.25) is 5.91 Å². The second-order valence-corrected chi connectivity index (χ2v) is 6.11. The summed E-state index contributed by atoms with van der Waals surface area (Å²) in [4.78, 5) is 31.5. The molecule has 5 nitrogen and oxygen atoms in total. The van der Waals surface area contributed by atoms with E-state index < -0.39 is 0 Å². The summed E-state index contributed by atoms with van der Waals surface area (Å²) in [5.74, 6) is -0.0881. The molecule has 2 heterocycles. The number of likely N-dealkylation sites (N-methyl/N-ethyl adjacent to an activating group) is 1. The van der Waals surface area contributed by atoms with Crippen LogP contribution in [0.5, 0.6) is 0 Å². The molecule has 3 aromatic rings. The summed E-state index contributed by atoms with van der Waals surface area (Å²) in [6.45, 7) is 3.08. The molecule has 0 saturated heterocycles. The van der Waals surface area contributed by atoms with E-state index in [-0.39, 0.29) is 18.0 Å². The minimum absolute atomic E-state index is 0.0122. The van der Waals surface area contributed by atoms with Crippen LogP contribution >= 0.6 is 11.3 Å². The van der Waals surface area contributed by atoms with Crippen molar-refractivity contribution in [2.75, 3.05) is 6.54 Å². The van der Waals surface area contributed by atoms with Gasteiger partial charge < -0.3 is 4.90 Å². The van der Waals surface area contributed by atoms with E-state index in [9.17, 15) is 9.59 Å². The number of benzene rings is 1. The smallest absolute Gasteiger partial charge is 0.262 e. The van der Waals surface area contributed by atoms with Gasteiger partial charge in [-0.25, -0.2) is 4.98 Å². The van der Waals surface area contributed by atoms with Crippen molar-refractivity contribution < 1.29 is 4.79 Å². The van der Waals surface area contributed by atoms with Crippen LogP contribution in [0.3, 0.4) is 0 Å². The zero-order valence-electron chi connectivity index (χ0n) is 12.8. The molecule has 0 spiro atoms. The standard InChI is InChI=1S/C17H17N3O2S/c1-2-19(10-13-6-4-3-5-7-13)15(21)11-20-12-18-16-14(17(20)22)8-9-23-16/h3-9,12H,2,10-11H2,1H3. The van der Waals surface area contributed by atoms with E-state index >= 15 is 0 Å². The second kappa shape index (κ2) is 6.75. The molecule has 0 fully saturated rings. The van der Waals surface area contributed by atoms with Crippen LogP contribution < -0.4 is 5.56 Å². The van der Waals surface area contributed by atoms with Crippen molar-refractivity contribution in [3.8, 4) is 0 Å². The molecule has 3 rings (SSSR count). The Hall–Kier alpha value is -2.47. The third-order valence-electron chi connectivity index (χ3n) is 3.71. The zero-order chi connectivity index (χ0) is 16.2. The number of carbonyl (C=O) groups excluding carboxylic acids is 1. The first-order chi connectivity index (χ1) is 11.2. The monoisotopic (exact) mass is 327 g/mol. The van der Waals surface area contributed by atoms with E-state index in [1.165, 1.54) is 22.2 Å². The summed E-state index contributed by atoms with van der Waals surface area (Å²) in [7, 11) is 0. The highest BCUT2D eigenvalue weighted by Crippen LogP contribution is 2.13. The van der Waals surface area contributed by atoms with Crippen LogP contribution in [0.4, 0.5) is 0 Å². The summed E-state index contributed by atoms with van der Waals surface area (Å²) in [5, 5.41) is 2.40. The van der Waals surface area contributed by atoms with Crippen molar-refractivity contribution in [2.45, 2.75) is 20.0 Å². The molecule has 23 heavy (non-hydrogen) atoms. The van der Waals surface area contributed by atoms with E-state index in [1.807, 2.05) is 42.6 Å². The van der Waals surface area contributed by atoms with Crippen LogP contribution in [-0.4, -0.2) is 26.9 Å². The lowest BCUT2D eigenvalue weighted by atomic mass is 10.2. The number of amides is 1. The number of nitrogens with zero attached hydrogens (tertiary/aromatic N) is 3. The van der Waals surface area contributed by atoms with Gasteiger partial charge in [-0.15, -0.1) is 11.3 Å². The molecule has 0 aliphatic carbocycles. The fourth-order valence-electron chi connectivity index (χ4n) is 2.43. The van der Waals surface area contributed by atoms with Crippen molar-refractivity contribution in [1.29, 1.82) is 0 Å². The maximum absolute atomic E-state index is 12.5. The topological polar surface area (TPSA) is 55.2 Å². The van der Waals surface area contributed by atoms with Crippen molar-refractivity contribution >= 4 is 27.5 Å². The molecule has 0 bridgehead atoms. The molecule has 0 atom stereocenters. The molecule has 0 aliphatic heterocycles. The van der Waals surface area contributed by atoms with Crippen LogP contribution in [0.1, 0.15) is 12.5 Å². The molecular formula is C17H17N3O2S. The van der Waals surface area contributed by atoms with Gasteiger partial charge in [0.1, 0.15) is 11.4 Å². The van der Waals surface area contributed by atoms with Crippen LogP contribution in [0.15, 0.2) is 52.9 Å². The molecule has 1 aromatic carbocycles. The summed E-state index contributed by atoms with van der Waals surface area (Å²) in [5.41, 5.74) is 0.904. The fraction of sp³-hybridized carbons (Fsp3) is 0.235. The van der Waals surface area contributed by atoms with E-state index in [0.29, 0.717) is 23.3 Å². The molecule has 0 saturated carbocycles. The Balaban J connectivity index is 1.78. The predicted molar refractivity (Wildman–Crippen MR) is 91.4 cm³/mol. The summed E-state index contributed by atoms with van der Waals surface area (Å²) in [6.07, 6.45) is 1.45. The number of fused-ring (bicyclic) bond motifs is 1. The van der Waals surface area contributed by atoms with Gasteiger partial charge >= 0.3 is 0 Å². The van der Waals surface area contributed by atoms with Gasteiger partial charge in [0.25, 0.3) is 5.56 Å². The molecule has 0 aliphatic rings. The molecule has 6 heteroatoms. The van der Waals surface area contributed by atoms with Gasteiger partial charge in [-0.05, 0) is 23.9 Å². The largest absolute Gasteiger partial charge is 0.337 e. The molecule has 118 valence electrons. The van der Waals surface area contributed by atoms with Crippen molar-refractivity contribution in [3.63, 3.8) is 0 Å². The molecule has 0 radical (unpaired) electrons. The maximum atomic E-state index is 12.5. The number of hydrogen-bond acceptors (Lipinski definition) is 4. The zero-order valence-corrected chi connectivity index (χ0v) is 13.6. The SMILES string of the molecule is CCN(Cc1ccccc1)C(=O)Cn1cnc2sccc2c1=O. The van der Waals surface area contributed by atoms with Gasteiger partial charge in [0.05, 0.1) is 11.7 Å². The first-order valence-electron chi connectivity index (χ1n) is 7.43. The Bertz CT molecular complexity index is 870.